The molecule has 6 aliphatic rings. The number of carbonyl (C=O) groups excluding carboxylic acids is 1. The summed E-state index contributed by atoms with van der Waals surface area (Å²) in [6, 6.07) is 45.0. The Labute approximate surface area is 612 Å². The highest BCUT2D eigenvalue weighted by Gasteiger charge is 2.65. The summed E-state index contributed by atoms with van der Waals surface area (Å²) in [4.78, 5) is 12.7. The molecular formula is C73H68N8O13S8. The summed E-state index contributed by atoms with van der Waals surface area (Å²) in [7, 11) is -15.5. The number of carbonyl (C=O) groups is 1. The summed E-state index contributed by atoms with van der Waals surface area (Å²) in [6.07, 6.45) is 10.2. The van der Waals surface area contributed by atoms with Crippen molar-refractivity contribution < 1.29 is 55.6 Å². The Bertz CT molecular complexity index is 5210. The minimum atomic E-state index is -4.08. The van der Waals surface area contributed by atoms with Crippen LogP contribution in [0.15, 0.2) is 215 Å². The van der Waals surface area contributed by atoms with Gasteiger partial charge >= 0.3 is 40.5 Å². The molecule has 0 N–H and O–H groups in total. The van der Waals surface area contributed by atoms with Crippen LogP contribution < -0.4 is 0 Å². The number of hydrogen-bond acceptors (Lipinski definition) is 25. The number of allylic oxidation sites excluding steroid dienone is 8. The van der Waals surface area contributed by atoms with Crippen molar-refractivity contribution in [1.82, 2.24) is 0 Å². The average Bonchev–Trinajstić information content (AvgIpc) is 1.55. The number of Topliss-reactive ketones (excluding diaryl/α,β-unsaturated/α-hetero) is 1. The zero-order chi connectivity index (χ0) is 74.2. The third-order valence-electron chi connectivity index (χ3n) is 17.0. The van der Waals surface area contributed by atoms with Crippen LogP contribution in [0.5, 0.6) is 0 Å². The summed E-state index contributed by atoms with van der Waals surface area (Å²) in [6.45, 7) is 15.2. The molecule has 2 atom stereocenters. The molecule has 0 amide bonds. The van der Waals surface area contributed by atoms with E-state index in [2.05, 4.69) is 49.2 Å². The molecule has 0 spiro atoms. The number of fused-ring (bicyclic) bond motifs is 2. The van der Waals surface area contributed by atoms with E-state index in [4.69, 9.17) is 12.9 Å². The minimum Gasteiger partial charge on any atom is -0.299 e. The molecule has 29 heteroatoms. The molecule has 0 radical (unpaired) electrons. The molecular weight excluding hydrogens is 1450 g/mol. The second kappa shape index (κ2) is 34.1. The van der Waals surface area contributed by atoms with E-state index in [0.717, 1.165) is 62.7 Å². The first-order valence-corrected chi connectivity index (χ1v) is 41.1. The fourth-order valence-corrected chi connectivity index (χ4v) is 17.8. The van der Waals surface area contributed by atoms with Crippen LogP contribution in [0.1, 0.15) is 96.5 Å². The van der Waals surface area contributed by atoms with Gasteiger partial charge in [0.05, 0.1) is 39.7 Å². The van der Waals surface area contributed by atoms with Crippen molar-refractivity contribution in [2.24, 2.45) is 37.4 Å². The Kier molecular flexibility index (Phi) is 26.3. The molecule has 2 bridgehead atoms. The molecule has 0 saturated heterocycles. The SMILES string of the molecule is CCCS(=O)(=O)O/N=C1\SC=C\C1=C(\C#N)c1ccccc1C.Cc1ccc(S(=O)(=O)O/N=C2\SC=C\C2=C(\C#N)c2ccccc2C)cc1.Cc1ccccc1/C(C#N)=C1\C=CS\C1=N/OS(=O)(=O)CC12CCC(CC1=O)C2(C)C.Cc1ccccc1/C(C#N)=C1\C=CS\C1=N/OS(C)(=O)=O. The van der Waals surface area contributed by atoms with Crippen LogP contribution in [-0.2, 0) is 62.4 Å². The highest BCUT2D eigenvalue weighted by molar-refractivity contribution is 8.18. The third kappa shape index (κ3) is 19.1. The molecule has 5 aromatic rings. The molecule has 526 valence electrons. The van der Waals surface area contributed by atoms with Crippen LogP contribution in [0.3, 0.4) is 0 Å². The first kappa shape index (κ1) is 78.4. The predicted molar refractivity (Wildman–Crippen MR) is 405 cm³/mol. The predicted octanol–water partition coefficient (Wildman–Crippen LogP) is 15.6. The van der Waals surface area contributed by atoms with Crippen molar-refractivity contribution in [3.63, 3.8) is 0 Å². The second-order valence-corrected chi connectivity index (χ2v) is 33.9. The smallest absolute Gasteiger partial charge is 0.299 e. The number of hydrogen-bond donors (Lipinski definition) is 0. The minimum absolute atomic E-state index is 0.0115. The van der Waals surface area contributed by atoms with E-state index in [1.165, 1.54) is 59.2 Å². The lowest BCUT2D eigenvalue weighted by Gasteiger charge is -2.35. The number of benzene rings is 5. The lowest BCUT2D eigenvalue weighted by Crippen LogP contribution is -2.42. The highest BCUT2D eigenvalue weighted by Crippen LogP contribution is 2.64. The van der Waals surface area contributed by atoms with Crippen LogP contribution in [-0.4, -0.2) is 77.4 Å². The van der Waals surface area contributed by atoms with Gasteiger partial charge in [0, 0.05) is 28.7 Å². The van der Waals surface area contributed by atoms with Gasteiger partial charge in [-0.25, -0.2) is 0 Å². The van der Waals surface area contributed by atoms with Crippen molar-refractivity contribution in [2.75, 3.05) is 17.8 Å². The van der Waals surface area contributed by atoms with E-state index >= 15 is 0 Å². The number of ketones is 1. The van der Waals surface area contributed by atoms with Crippen molar-refractivity contribution in [3.8, 4) is 24.3 Å². The lowest BCUT2D eigenvalue weighted by atomic mass is 9.70. The quantitative estimate of drug-likeness (QED) is 0.0616. The maximum atomic E-state index is 12.8. The Balaban J connectivity index is 0.000000175. The van der Waals surface area contributed by atoms with E-state index in [0.29, 0.717) is 84.0 Å². The monoisotopic (exact) mass is 1520 g/mol. The number of oxime groups is 4. The van der Waals surface area contributed by atoms with E-state index < -0.39 is 45.9 Å². The molecule has 11 rings (SSSR count). The summed E-state index contributed by atoms with van der Waals surface area (Å²) in [5.41, 5.74) is 10.5. The molecule has 2 aliphatic carbocycles. The van der Waals surface area contributed by atoms with Gasteiger partial charge in [0.1, 0.15) is 60.9 Å². The van der Waals surface area contributed by atoms with Gasteiger partial charge < -0.3 is 0 Å². The fraction of sp³-hybridized carbons (Fsp3) is 0.247. The Morgan fingerprint density at radius 1 is 0.490 bits per heavy atom. The first-order valence-electron chi connectivity index (χ1n) is 31.2. The Morgan fingerprint density at radius 2 is 0.824 bits per heavy atom. The van der Waals surface area contributed by atoms with Crippen molar-refractivity contribution >= 4 is 136 Å². The fourth-order valence-electron chi connectivity index (χ4n) is 11.6. The first-order chi connectivity index (χ1) is 48.4. The van der Waals surface area contributed by atoms with Gasteiger partial charge in [0.25, 0.3) is 0 Å². The summed E-state index contributed by atoms with van der Waals surface area (Å²) < 4.78 is 115. The van der Waals surface area contributed by atoms with Crippen LogP contribution in [0.2, 0.25) is 0 Å². The molecule has 4 aliphatic heterocycles. The maximum absolute atomic E-state index is 12.8. The molecule has 4 heterocycles. The van der Waals surface area contributed by atoms with Gasteiger partial charge in [-0.2, -0.15) is 54.7 Å². The average molecular weight is 1520 g/mol. The second-order valence-electron chi connectivity index (χ2n) is 24.0. The summed E-state index contributed by atoms with van der Waals surface area (Å²) in [5.74, 6) is -0.224. The van der Waals surface area contributed by atoms with Gasteiger partial charge in [-0.05, 0) is 168 Å². The maximum Gasteiger partial charge on any atom is 0.358 e. The number of nitrogens with zero attached hydrogens (tertiary/aromatic N) is 8. The largest absolute Gasteiger partial charge is 0.358 e. The normalized spacial score (nSPS) is 21.3. The molecule has 21 nitrogen and oxygen atoms in total. The Hall–Kier alpha value is -9.27. The molecule has 102 heavy (non-hydrogen) atoms. The van der Waals surface area contributed by atoms with Gasteiger partial charge in [0.15, 0.2) is 0 Å². The standard InChI is InChI=1S/C23H24N2O4S2.C20H16N2O3S2.C16H16N2O3S2.C14H12N2O3S2/c1-15-6-4-5-7-17(15)19(13-24)18-9-11-30-21(18)25-29-31(27,28)14-23-10-8-16(12-20(23)26)22(23,2)3;1-14-7-9-16(10-8-14)27(23,24)25-22-20-18(11-12-26-20)19(13-21)17-6-4-3-5-15(17)2;1-3-10-23(19,20)21-18-16-14(8-9-22-16)15(11-17)13-7-5-4-6-12(13)2;1-10-5-3-4-6-11(10)13(9-15)12-7-8-20-14(12)16-19-21(2,17)18/h4-7,9,11,16H,8,10,12,14H2,1-3H3;3-12H,1-2H3;4-9H,3,10H2,1-2H3;3-8H,1-2H3/b19-18+,25-21-;19-18+,22-20-;15-14+,18-16-;13-12+,16-14-. The zero-order valence-electron chi connectivity index (χ0n) is 56.6. The van der Waals surface area contributed by atoms with E-state index in [-0.39, 0.29) is 33.5 Å². The van der Waals surface area contributed by atoms with Gasteiger partial charge in [-0.15, -0.1) is 0 Å². The molecule has 0 aromatic heterocycles. The summed E-state index contributed by atoms with van der Waals surface area (Å²) >= 11 is 4.83. The highest BCUT2D eigenvalue weighted by atomic mass is 32.2. The van der Waals surface area contributed by atoms with Gasteiger partial charge in [0.2, 0.25) is 0 Å². The van der Waals surface area contributed by atoms with Crippen LogP contribution in [0, 0.1) is 96.7 Å². The van der Waals surface area contributed by atoms with E-state index in [9.17, 15) is 59.5 Å². The van der Waals surface area contributed by atoms with E-state index in [1.54, 1.807) is 65.0 Å². The van der Waals surface area contributed by atoms with Gasteiger partial charge in [-0.3, -0.25) is 21.9 Å². The number of nitriles is 4. The topological polar surface area (TPSA) is 335 Å². The molecule has 2 fully saturated rings. The lowest BCUT2D eigenvalue weighted by molar-refractivity contribution is -0.128. The molecule has 5 aromatic carbocycles. The number of rotatable bonds is 17. The van der Waals surface area contributed by atoms with Crippen LogP contribution in [0.25, 0.3) is 22.3 Å². The Morgan fingerprint density at radius 3 is 1.13 bits per heavy atom. The number of thioether (sulfide) groups is 4. The van der Waals surface area contributed by atoms with Crippen LogP contribution >= 0.6 is 47.0 Å². The van der Waals surface area contributed by atoms with Crippen molar-refractivity contribution in [2.45, 2.75) is 86.0 Å². The van der Waals surface area contributed by atoms with Crippen LogP contribution in [0.4, 0.5) is 0 Å². The number of aryl methyl sites for hydroxylation is 5. The molecule has 2 saturated carbocycles. The third-order valence-corrected chi connectivity index (χ3v) is 24.0. The summed E-state index contributed by atoms with van der Waals surface area (Å²) in [5, 5.41) is 61.8. The van der Waals surface area contributed by atoms with Crippen molar-refractivity contribution in [3.05, 3.63) is 240 Å². The van der Waals surface area contributed by atoms with Crippen molar-refractivity contribution in [1.29, 1.82) is 21.0 Å². The van der Waals surface area contributed by atoms with Gasteiger partial charge in [-0.1, -0.05) is 203 Å². The zero-order valence-corrected chi connectivity index (χ0v) is 63.2. The molecule has 2 unspecified atom stereocenters. The van der Waals surface area contributed by atoms with E-state index in [1.807, 2.05) is 146 Å².